The van der Waals surface area contributed by atoms with Crippen LogP contribution in [0.25, 0.3) is 11.3 Å². The molecule has 0 aliphatic carbocycles. The molecular weight excluding hydrogens is 348 g/mol. The number of aromatic hydroxyl groups is 1. The molecule has 0 spiro atoms. The number of benzene rings is 1. The minimum Gasteiger partial charge on any atom is -0.508 e. The van der Waals surface area contributed by atoms with Gasteiger partial charge in [-0.3, -0.25) is 9.88 Å². The lowest BCUT2D eigenvalue weighted by atomic mass is 10.00. The van der Waals surface area contributed by atoms with Crippen molar-refractivity contribution in [1.29, 1.82) is 0 Å². The van der Waals surface area contributed by atoms with Crippen molar-refractivity contribution in [2.45, 2.75) is 39.2 Å². The molecule has 0 atom stereocenters. The first kappa shape index (κ1) is 18.6. The molecule has 28 heavy (non-hydrogen) atoms. The summed E-state index contributed by atoms with van der Waals surface area (Å²) in [5.41, 5.74) is 5.54. The van der Waals surface area contributed by atoms with Crippen molar-refractivity contribution in [3.05, 3.63) is 71.4 Å². The lowest BCUT2D eigenvalue weighted by molar-refractivity contribution is 0.275. The van der Waals surface area contributed by atoms with Gasteiger partial charge in [0.05, 0.1) is 11.4 Å². The third-order valence-corrected chi connectivity index (χ3v) is 5.22. The van der Waals surface area contributed by atoms with Gasteiger partial charge in [0.2, 0.25) is 0 Å². The highest BCUT2D eigenvalue weighted by atomic mass is 16.3. The smallest absolute Gasteiger partial charge is 0.131 e. The second-order valence-electron chi connectivity index (χ2n) is 7.65. The molecule has 1 aromatic carbocycles. The zero-order chi connectivity index (χ0) is 19.5. The number of hydrogen-bond donors (Lipinski definition) is 1. The fourth-order valence-electron chi connectivity index (χ4n) is 3.66. The SMILES string of the molecule is CC(C)c1nc2c(c(-c3ccc(O)cc3)n1)CCN(Cc1ccccn1)CC2. The topological polar surface area (TPSA) is 62.1 Å². The molecule has 0 saturated carbocycles. The Morgan fingerprint density at radius 2 is 1.79 bits per heavy atom. The zero-order valence-electron chi connectivity index (χ0n) is 16.5. The maximum Gasteiger partial charge on any atom is 0.131 e. The quantitative estimate of drug-likeness (QED) is 0.749. The summed E-state index contributed by atoms with van der Waals surface area (Å²) in [7, 11) is 0. The molecule has 3 aromatic rings. The van der Waals surface area contributed by atoms with Gasteiger partial charge in [0.15, 0.2) is 0 Å². The van der Waals surface area contributed by atoms with Crippen LogP contribution in [0, 0.1) is 0 Å². The van der Waals surface area contributed by atoms with Crippen LogP contribution in [0.15, 0.2) is 48.7 Å². The van der Waals surface area contributed by atoms with Gasteiger partial charge in [0.25, 0.3) is 0 Å². The Hall–Kier alpha value is -2.79. The van der Waals surface area contributed by atoms with Crippen LogP contribution in [-0.2, 0) is 19.4 Å². The van der Waals surface area contributed by atoms with Crippen LogP contribution in [0.2, 0.25) is 0 Å². The maximum atomic E-state index is 9.66. The number of pyridine rings is 1. The monoisotopic (exact) mass is 374 g/mol. The van der Waals surface area contributed by atoms with Gasteiger partial charge < -0.3 is 5.11 Å². The molecule has 144 valence electrons. The van der Waals surface area contributed by atoms with Gasteiger partial charge in [-0.05, 0) is 42.8 Å². The zero-order valence-corrected chi connectivity index (χ0v) is 16.5. The Balaban J connectivity index is 1.66. The summed E-state index contributed by atoms with van der Waals surface area (Å²) in [6, 6.07) is 13.4. The van der Waals surface area contributed by atoms with E-state index in [1.165, 1.54) is 5.56 Å². The molecule has 5 nitrogen and oxygen atoms in total. The largest absolute Gasteiger partial charge is 0.508 e. The minimum absolute atomic E-state index is 0.272. The third-order valence-electron chi connectivity index (χ3n) is 5.22. The van der Waals surface area contributed by atoms with Crippen molar-refractivity contribution in [1.82, 2.24) is 19.9 Å². The minimum atomic E-state index is 0.272. The summed E-state index contributed by atoms with van der Waals surface area (Å²) in [5, 5.41) is 9.66. The molecule has 4 rings (SSSR count). The van der Waals surface area contributed by atoms with Crippen LogP contribution in [0.5, 0.6) is 5.75 Å². The number of phenolic OH excluding ortho intramolecular Hbond substituents is 1. The van der Waals surface area contributed by atoms with E-state index in [-0.39, 0.29) is 11.7 Å². The molecule has 1 aliphatic heterocycles. The second kappa shape index (κ2) is 8.07. The Bertz CT molecular complexity index is 939. The van der Waals surface area contributed by atoms with E-state index in [2.05, 4.69) is 29.8 Å². The molecular formula is C23H26N4O. The fourth-order valence-corrected chi connectivity index (χ4v) is 3.66. The Morgan fingerprint density at radius 3 is 2.50 bits per heavy atom. The molecule has 2 aromatic heterocycles. The molecule has 0 bridgehead atoms. The van der Waals surface area contributed by atoms with Crippen molar-refractivity contribution in [3.8, 4) is 17.0 Å². The highest BCUT2D eigenvalue weighted by Crippen LogP contribution is 2.29. The van der Waals surface area contributed by atoms with Crippen molar-refractivity contribution in [3.63, 3.8) is 0 Å². The lowest BCUT2D eigenvalue weighted by Crippen LogP contribution is -2.26. The van der Waals surface area contributed by atoms with E-state index in [9.17, 15) is 5.11 Å². The fraction of sp³-hybridized carbons (Fsp3) is 0.348. The van der Waals surface area contributed by atoms with E-state index < -0.39 is 0 Å². The number of fused-ring (bicyclic) bond motifs is 1. The van der Waals surface area contributed by atoms with E-state index in [1.54, 1.807) is 12.1 Å². The summed E-state index contributed by atoms with van der Waals surface area (Å²) < 4.78 is 0. The van der Waals surface area contributed by atoms with Crippen molar-refractivity contribution in [2.24, 2.45) is 0 Å². The molecule has 1 N–H and O–H groups in total. The van der Waals surface area contributed by atoms with Crippen molar-refractivity contribution in [2.75, 3.05) is 13.1 Å². The molecule has 0 fully saturated rings. The second-order valence-corrected chi connectivity index (χ2v) is 7.65. The third kappa shape index (κ3) is 4.04. The van der Waals surface area contributed by atoms with E-state index in [0.29, 0.717) is 0 Å². The molecule has 0 amide bonds. The average Bonchev–Trinajstić information content (AvgIpc) is 2.91. The van der Waals surface area contributed by atoms with Gasteiger partial charge in [0.1, 0.15) is 11.6 Å². The summed E-state index contributed by atoms with van der Waals surface area (Å²) in [6.45, 7) is 7.04. The standard InChI is InChI=1S/C23H26N4O/c1-16(2)23-25-21-11-14-27(15-18-5-3-4-12-24-18)13-10-20(21)22(26-23)17-6-8-19(28)9-7-17/h3-9,12,16,28H,10-11,13-15H2,1-2H3. The highest BCUT2D eigenvalue weighted by molar-refractivity contribution is 5.65. The first-order valence-electron chi connectivity index (χ1n) is 9.91. The molecule has 3 heterocycles. The van der Waals surface area contributed by atoms with Gasteiger partial charge in [-0.15, -0.1) is 0 Å². The number of nitrogens with zero attached hydrogens (tertiary/aromatic N) is 4. The highest BCUT2D eigenvalue weighted by Gasteiger charge is 2.22. The summed E-state index contributed by atoms with van der Waals surface area (Å²) in [4.78, 5) is 16.7. The van der Waals surface area contributed by atoms with E-state index in [4.69, 9.17) is 9.97 Å². The molecule has 1 aliphatic rings. The van der Waals surface area contributed by atoms with Crippen LogP contribution in [0.4, 0.5) is 0 Å². The van der Waals surface area contributed by atoms with Crippen LogP contribution < -0.4 is 0 Å². The molecule has 0 radical (unpaired) electrons. The normalized spacial score (nSPS) is 14.7. The van der Waals surface area contributed by atoms with Gasteiger partial charge in [-0.1, -0.05) is 19.9 Å². The van der Waals surface area contributed by atoms with Gasteiger partial charge in [-0.2, -0.15) is 0 Å². The van der Waals surface area contributed by atoms with E-state index in [1.807, 2.05) is 30.5 Å². The first-order valence-corrected chi connectivity index (χ1v) is 9.91. The van der Waals surface area contributed by atoms with E-state index >= 15 is 0 Å². The summed E-state index contributed by atoms with van der Waals surface area (Å²) >= 11 is 0. The van der Waals surface area contributed by atoms with E-state index in [0.717, 1.165) is 60.9 Å². The van der Waals surface area contributed by atoms with Crippen LogP contribution >= 0.6 is 0 Å². The Kier molecular flexibility index (Phi) is 5.35. The first-order chi connectivity index (χ1) is 13.6. The van der Waals surface area contributed by atoms with Crippen molar-refractivity contribution < 1.29 is 5.11 Å². The molecule has 0 saturated heterocycles. The number of rotatable bonds is 4. The molecule has 0 unspecified atom stereocenters. The number of phenols is 1. The Labute approximate surface area is 166 Å². The number of hydrogen-bond acceptors (Lipinski definition) is 5. The predicted molar refractivity (Wildman–Crippen MR) is 110 cm³/mol. The number of aromatic nitrogens is 3. The van der Waals surface area contributed by atoms with Crippen LogP contribution in [0.3, 0.4) is 0 Å². The lowest BCUT2D eigenvalue weighted by Gasteiger charge is -2.18. The molecule has 5 heteroatoms. The van der Waals surface area contributed by atoms with Crippen LogP contribution in [0.1, 0.15) is 42.5 Å². The van der Waals surface area contributed by atoms with Gasteiger partial charge in [-0.25, -0.2) is 9.97 Å². The summed E-state index contributed by atoms with van der Waals surface area (Å²) in [5.74, 6) is 1.43. The van der Waals surface area contributed by atoms with Gasteiger partial charge >= 0.3 is 0 Å². The van der Waals surface area contributed by atoms with Crippen molar-refractivity contribution >= 4 is 0 Å². The Morgan fingerprint density at radius 1 is 1.00 bits per heavy atom. The summed E-state index contributed by atoms with van der Waals surface area (Å²) in [6.07, 6.45) is 3.68. The maximum absolute atomic E-state index is 9.66. The van der Waals surface area contributed by atoms with Gasteiger partial charge in [0, 0.05) is 55.0 Å². The predicted octanol–water partition coefficient (Wildman–Crippen LogP) is 3.97. The van der Waals surface area contributed by atoms with Crippen LogP contribution in [-0.4, -0.2) is 38.0 Å². The average molecular weight is 374 g/mol.